The molecule has 0 bridgehead atoms. The highest BCUT2D eigenvalue weighted by Crippen LogP contribution is 1.93. The van der Waals surface area contributed by atoms with Crippen molar-refractivity contribution in [3.8, 4) is 0 Å². The fourth-order valence-electron chi connectivity index (χ4n) is 1.05. The first-order chi connectivity index (χ1) is 7.11. The molecule has 0 aliphatic carbocycles. The first kappa shape index (κ1) is 14.1. The maximum absolute atomic E-state index is 11.3. The lowest BCUT2D eigenvalue weighted by Gasteiger charge is -2.19. The van der Waals surface area contributed by atoms with Gasteiger partial charge in [0.1, 0.15) is 0 Å². The topological polar surface area (TPSA) is 49.8 Å². The van der Waals surface area contributed by atoms with Gasteiger partial charge in [-0.15, -0.1) is 0 Å². The average molecular weight is 214 g/mol. The number of ether oxygens (including phenoxy) is 1. The number of carbonyl (C=O) groups excluding carboxylic acids is 1. The summed E-state index contributed by atoms with van der Waals surface area (Å²) >= 11 is 0. The molecule has 1 radical (unpaired) electrons. The van der Waals surface area contributed by atoms with Crippen LogP contribution < -0.4 is 0 Å². The Morgan fingerprint density at radius 1 is 1.67 bits per heavy atom. The molecule has 0 spiro atoms. The van der Waals surface area contributed by atoms with Crippen molar-refractivity contribution >= 4 is 5.91 Å². The molecule has 1 atom stereocenters. The van der Waals surface area contributed by atoms with Gasteiger partial charge in [-0.3, -0.25) is 4.79 Å². The zero-order valence-electron chi connectivity index (χ0n) is 9.48. The monoisotopic (exact) mass is 214 g/mol. The van der Waals surface area contributed by atoms with Gasteiger partial charge in [-0.25, -0.2) is 0 Å². The molecule has 0 aromatic rings. The summed E-state index contributed by atoms with van der Waals surface area (Å²) in [4.78, 5) is 12.7. The molecule has 0 aliphatic rings. The van der Waals surface area contributed by atoms with E-state index in [2.05, 4.69) is 6.92 Å². The third-order valence-corrected chi connectivity index (χ3v) is 1.77. The number of hydrogen-bond donors (Lipinski definition) is 1. The van der Waals surface area contributed by atoms with Crippen LogP contribution in [0.5, 0.6) is 0 Å². The largest absolute Gasteiger partial charge is 0.389 e. The maximum Gasteiger partial charge on any atom is 0.246 e. The molecule has 0 rings (SSSR count). The Kier molecular flexibility index (Phi) is 7.95. The SMILES string of the molecule is [CH2]CCOCC(O)CN(C)C(=O)C=CC. The van der Waals surface area contributed by atoms with Crippen LogP contribution in [-0.4, -0.2) is 48.8 Å². The van der Waals surface area contributed by atoms with E-state index in [9.17, 15) is 9.90 Å². The Hall–Kier alpha value is -0.870. The van der Waals surface area contributed by atoms with E-state index in [0.29, 0.717) is 13.0 Å². The Bertz CT molecular complexity index is 204. The molecule has 0 aliphatic heterocycles. The molecule has 0 fully saturated rings. The van der Waals surface area contributed by atoms with Gasteiger partial charge in [0, 0.05) is 20.2 Å². The lowest BCUT2D eigenvalue weighted by molar-refractivity contribution is -0.126. The smallest absolute Gasteiger partial charge is 0.246 e. The second-order valence-corrected chi connectivity index (χ2v) is 3.30. The van der Waals surface area contributed by atoms with E-state index in [1.807, 2.05) is 0 Å². The average Bonchev–Trinajstić information content (AvgIpc) is 2.18. The van der Waals surface area contributed by atoms with Crippen LogP contribution in [0.25, 0.3) is 0 Å². The number of aliphatic hydroxyl groups excluding tert-OH is 1. The standard InChI is InChI=1S/C11H20NO3/c1-4-6-11(14)12(3)8-10(13)9-15-7-5-2/h4,6,10,13H,2,5,7-9H2,1,3H3. The number of nitrogens with zero attached hydrogens (tertiary/aromatic N) is 1. The first-order valence-electron chi connectivity index (χ1n) is 5.04. The zero-order chi connectivity index (χ0) is 11.7. The Morgan fingerprint density at radius 3 is 2.87 bits per heavy atom. The molecule has 0 saturated heterocycles. The quantitative estimate of drug-likeness (QED) is 0.499. The molecule has 0 heterocycles. The lowest BCUT2D eigenvalue weighted by Crippen LogP contribution is -2.35. The number of hydrogen-bond acceptors (Lipinski definition) is 3. The van der Waals surface area contributed by atoms with Gasteiger partial charge in [-0.05, 0) is 19.4 Å². The van der Waals surface area contributed by atoms with Gasteiger partial charge in [0.15, 0.2) is 0 Å². The van der Waals surface area contributed by atoms with Crippen molar-refractivity contribution in [3.63, 3.8) is 0 Å². The highest BCUT2D eigenvalue weighted by Gasteiger charge is 2.11. The minimum absolute atomic E-state index is 0.117. The third-order valence-electron chi connectivity index (χ3n) is 1.77. The predicted octanol–water partition coefficient (Wildman–Crippen LogP) is 0.623. The van der Waals surface area contributed by atoms with Crippen LogP contribution in [0.1, 0.15) is 13.3 Å². The third kappa shape index (κ3) is 7.11. The van der Waals surface area contributed by atoms with Crippen LogP contribution in [-0.2, 0) is 9.53 Å². The molecular weight excluding hydrogens is 194 g/mol. The fourth-order valence-corrected chi connectivity index (χ4v) is 1.05. The minimum Gasteiger partial charge on any atom is -0.389 e. The van der Waals surface area contributed by atoms with Gasteiger partial charge < -0.3 is 14.7 Å². The second kappa shape index (κ2) is 8.44. The van der Waals surface area contributed by atoms with Crippen LogP contribution in [0.3, 0.4) is 0 Å². The van der Waals surface area contributed by atoms with Crippen molar-refractivity contribution in [3.05, 3.63) is 19.1 Å². The van der Waals surface area contributed by atoms with Crippen LogP contribution in [0, 0.1) is 6.92 Å². The highest BCUT2D eigenvalue weighted by molar-refractivity contribution is 5.87. The van der Waals surface area contributed by atoms with E-state index >= 15 is 0 Å². The van der Waals surface area contributed by atoms with Gasteiger partial charge >= 0.3 is 0 Å². The molecule has 4 heteroatoms. The Morgan fingerprint density at radius 2 is 2.33 bits per heavy atom. The zero-order valence-corrected chi connectivity index (χ0v) is 9.48. The summed E-state index contributed by atoms with van der Waals surface area (Å²) in [6.45, 7) is 6.44. The molecule has 87 valence electrons. The highest BCUT2D eigenvalue weighted by atomic mass is 16.5. The second-order valence-electron chi connectivity index (χ2n) is 3.30. The van der Waals surface area contributed by atoms with E-state index in [4.69, 9.17) is 4.74 Å². The minimum atomic E-state index is -0.643. The number of rotatable bonds is 7. The number of carbonyl (C=O) groups is 1. The van der Waals surface area contributed by atoms with Crippen LogP contribution >= 0.6 is 0 Å². The van der Waals surface area contributed by atoms with Crippen LogP contribution in [0.4, 0.5) is 0 Å². The van der Waals surface area contributed by atoms with E-state index in [1.165, 1.54) is 11.0 Å². The van der Waals surface area contributed by atoms with Crippen molar-refractivity contribution in [1.82, 2.24) is 4.90 Å². The number of aliphatic hydroxyl groups is 1. The summed E-state index contributed by atoms with van der Waals surface area (Å²) in [6, 6.07) is 0. The predicted molar refractivity (Wildman–Crippen MR) is 59.3 cm³/mol. The van der Waals surface area contributed by atoms with Crippen molar-refractivity contribution < 1.29 is 14.6 Å². The van der Waals surface area contributed by atoms with Gasteiger partial charge in [-0.2, -0.15) is 0 Å². The van der Waals surface area contributed by atoms with E-state index < -0.39 is 6.10 Å². The van der Waals surface area contributed by atoms with E-state index in [1.54, 1.807) is 20.0 Å². The van der Waals surface area contributed by atoms with Crippen LogP contribution in [0.15, 0.2) is 12.2 Å². The van der Waals surface area contributed by atoms with Gasteiger partial charge in [-0.1, -0.05) is 13.0 Å². The summed E-state index contributed by atoms with van der Waals surface area (Å²) in [5.41, 5.74) is 0. The molecule has 1 N–H and O–H groups in total. The molecule has 0 saturated carbocycles. The number of amides is 1. The summed E-state index contributed by atoms with van der Waals surface area (Å²) < 4.78 is 5.12. The molecule has 15 heavy (non-hydrogen) atoms. The molecular formula is C11H20NO3. The maximum atomic E-state index is 11.3. The van der Waals surface area contributed by atoms with E-state index in [0.717, 1.165) is 0 Å². The van der Waals surface area contributed by atoms with Crippen molar-refractivity contribution in [2.24, 2.45) is 0 Å². The normalized spacial score (nSPS) is 13.1. The van der Waals surface area contributed by atoms with Crippen molar-refractivity contribution in [1.29, 1.82) is 0 Å². The fraction of sp³-hybridized carbons (Fsp3) is 0.636. The first-order valence-corrected chi connectivity index (χ1v) is 5.04. The Balaban J connectivity index is 3.75. The molecule has 1 amide bonds. The van der Waals surface area contributed by atoms with Gasteiger partial charge in [0.05, 0.1) is 12.7 Å². The lowest BCUT2D eigenvalue weighted by atomic mass is 10.3. The van der Waals surface area contributed by atoms with Gasteiger partial charge in [0.2, 0.25) is 5.91 Å². The Labute approximate surface area is 91.5 Å². The molecule has 0 aromatic heterocycles. The molecule has 4 nitrogen and oxygen atoms in total. The summed E-state index contributed by atoms with van der Waals surface area (Å²) in [5, 5.41) is 9.50. The summed E-state index contributed by atoms with van der Waals surface area (Å²) in [6.07, 6.45) is 3.17. The number of likely N-dealkylation sites (N-methyl/N-ethyl adjacent to an activating group) is 1. The van der Waals surface area contributed by atoms with Crippen LogP contribution in [0.2, 0.25) is 0 Å². The molecule has 1 unspecified atom stereocenters. The molecule has 0 aromatic carbocycles. The van der Waals surface area contributed by atoms with Crippen molar-refractivity contribution in [2.45, 2.75) is 19.4 Å². The summed E-state index contributed by atoms with van der Waals surface area (Å²) in [5.74, 6) is -0.117. The number of allylic oxidation sites excluding steroid dienone is 1. The van der Waals surface area contributed by atoms with Gasteiger partial charge in [0.25, 0.3) is 0 Å². The summed E-state index contributed by atoms with van der Waals surface area (Å²) in [7, 11) is 1.65. The van der Waals surface area contributed by atoms with E-state index in [-0.39, 0.29) is 19.1 Å². The van der Waals surface area contributed by atoms with Crippen molar-refractivity contribution in [2.75, 3.05) is 26.8 Å².